The average Bonchev–Trinajstić information content (AvgIpc) is 2.37. The number of ether oxygens (including phenoxy) is 1. The van der Waals surface area contributed by atoms with Crippen LogP contribution in [-0.2, 0) is 9.84 Å². The first-order valence-electron chi connectivity index (χ1n) is 3.96. The van der Waals surface area contributed by atoms with E-state index in [1.165, 1.54) is 0 Å². The zero-order valence-electron chi connectivity index (χ0n) is 6.73. The van der Waals surface area contributed by atoms with Crippen molar-refractivity contribution in [3.8, 4) is 0 Å². The van der Waals surface area contributed by atoms with Crippen molar-refractivity contribution >= 4 is 6.16 Å². The van der Waals surface area contributed by atoms with E-state index in [-0.39, 0.29) is 6.61 Å². The molecule has 5 nitrogen and oxygen atoms in total. The molecular weight excluding hydrogens is 162 g/mol. The Bertz CT molecular complexity index is 161. The van der Waals surface area contributed by atoms with Gasteiger partial charge in [-0.1, -0.05) is 0 Å². The van der Waals surface area contributed by atoms with Crippen LogP contribution in [-0.4, -0.2) is 42.1 Å². The summed E-state index contributed by atoms with van der Waals surface area (Å²) in [6.07, 6.45) is -0.0567. The van der Waals surface area contributed by atoms with Crippen molar-refractivity contribution in [2.75, 3.05) is 19.7 Å². The molecule has 1 N–H and O–H groups in total. The molecule has 1 aliphatic rings. The van der Waals surface area contributed by atoms with Gasteiger partial charge >= 0.3 is 6.16 Å². The second-order valence-corrected chi connectivity index (χ2v) is 2.72. The van der Waals surface area contributed by atoms with Crippen molar-refractivity contribution < 1.29 is 19.7 Å². The molecule has 0 aromatic heterocycles. The predicted octanol–water partition coefficient (Wildman–Crippen LogP) is 0.533. The standard InChI is InChI=1S/C7H12NO4/c9-5-4-8-3-1-2-6(8)12-7(10)11/h6H,1-5H2,(H,10,11). The lowest BCUT2D eigenvalue weighted by molar-refractivity contribution is -0.0222. The smallest absolute Gasteiger partial charge is 0.450 e. The van der Waals surface area contributed by atoms with Gasteiger partial charge in [0.1, 0.15) is 0 Å². The Morgan fingerprint density at radius 1 is 1.67 bits per heavy atom. The third kappa shape index (κ3) is 2.35. The molecule has 0 spiro atoms. The van der Waals surface area contributed by atoms with Crippen LogP contribution in [0.3, 0.4) is 0 Å². The molecule has 1 fully saturated rings. The normalized spacial score (nSPS) is 24.2. The molecule has 1 unspecified atom stereocenters. The molecule has 1 aliphatic heterocycles. The topological polar surface area (TPSA) is 69.7 Å². The lowest BCUT2D eigenvalue weighted by Gasteiger charge is -2.21. The summed E-state index contributed by atoms with van der Waals surface area (Å²) in [5.41, 5.74) is 0. The summed E-state index contributed by atoms with van der Waals surface area (Å²) in [7, 11) is 0. The van der Waals surface area contributed by atoms with E-state index in [1.54, 1.807) is 4.90 Å². The molecule has 0 aliphatic carbocycles. The Hall–Kier alpha value is -0.810. The first kappa shape index (κ1) is 9.28. The third-order valence-electron chi connectivity index (χ3n) is 1.92. The summed E-state index contributed by atoms with van der Waals surface area (Å²) >= 11 is 0. The van der Waals surface area contributed by atoms with Crippen LogP contribution >= 0.6 is 0 Å². The van der Waals surface area contributed by atoms with Crippen LogP contribution in [0.5, 0.6) is 0 Å². The van der Waals surface area contributed by atoms with Crippen molar-refractivity contribution in [2.45, 2.75) is 19.1 Å². The summed E-state index contributed by atoms with van der Waals surface area (Å²) in [5.74, 6) is 0. The zero-order valence-corrected chi connectivity index (χ0v) is 6.73. The van der Waals surface area contributed by atoms with Crippen LogP contribution in [0.25, 0.3) is 0 Å². The molecule has 0 saturated carbocycles. The van der Waals surface area contributed by atoms with Crippen LogP contribution in [0, 0.1) is 0 Å². The van der Waals surface area contributed by atoms with Crippen molar-refractivity contribution in [2.24, 2.45) is 0 Å². The number of hydrogen-bond acceptors (Lipinski definition) is 3. The highest BCUT2D eigenvalue weighted by atomic mass is 16.7. The molecule has 12 heavy (non-hydrogen) atoms. The number of carbonyl (C=O) groups is 1. The van der Waals surface area contributed by atoms with E-state index in [9.17, 15) is 9.90 Å². The van der Waals surface area contributed by atoms with Gasteiger partial charge in [-0.05, 0) is 12.8 Å². The van der Waals surface area contributed by atoms with E-state index < -0.39 is 12.4 Å². The maximum absolute atomic E-state index is 10.3. The summed E-state index contributed by atoms with van der Waals surface area (Å²) in [5, 5.41) is 18.6. The van der Waals surface area contributed by atoms with Crippen LogP contribution in [0.4, 0.5) is 4.79 Å². The van der Waals surface area contributed by atoms with E-state index in [0.717, 1.165) is 13.0 Å². The van der Waals surface area contributed by atoms with Gasteiger partial charge in [0.2, 0.25) is 0 Å². The molecule has 0 aromatic carbocycles. The van der Waals surface area contributed by atoms with E-state index >= 15 is 0 Å². The van der Waals surface area contributed by atoms with E-state index in [4.69, 9.17) is 5.11 Å². The summed E-state index contributed by atoms with van der Waals surface area (Å²) < 4.78 is 4.58. The van der Waals surface area contributed by atoms with Crippen molar-refractivity contribution in [1.29, 1.82) is 0 Å². The quantitative estimate of drug-likeness (QED) is 0.634. The van der Waals surface area contributed by atoms with Crippen LogP contribution < -0.4 is 0 Å². The average molecular weight is 174 g/mol. The van der Waals surface area contributed by atoms with Gasteiger partial charge in [0, 0.05) is 13.1 Å². The minimum Gasteiger partial charge on any atom is -0.450 e. The highest BCUT2D eigenvalue weighted by molar-refractivity contribution is 5.57. The fourth-order valence-electron chi connectivity index (χ4n) is 1.42. The van der Waals surface area contributed by atoms with E-state index in [2.05, 4.69) is 4.74 Å². The van der Waals surface area contributed by atoms with Gasteiger partial charge in [0.25, 0.3) is 0 Å². The van der Waals surface area contributed by atoms with Gasteiger partial charge in [-0.2, -0.15) is 0 Å². The van der Waals surface area contributed by atoms with Crippen molar-refractivity contribution in [3.63, 3.8) is 0 Å². The molecule has 69 valence electrons. The Kier molecular flexibility index (Phi) is 3.31. The maximum atomic E-state index is 10.3. The van der Waals surface area contributed by atoms with Gasteiger partial charge < -0.3 is 9.84 Å². The second kappa shape index (κ2) is 4.27. The number of hydrogen-bond donors (Lipinski definition) is 1. The first-order chi connectivity index (χ1) is 5.74. The highest BCUT2D eigenvalue weighted by Gasteiger charge is 2.26. The Morgan fingerprint density at radius 2 is 2.42 bits per heavy atom. The van der Waals surface area contributed by atoms with Gasteiger partial charge in [0.15, 0.2) is 6.23 Å². The summed E-state index contributed by atoms with van der Waals surface area (Å²) in [4.78, 5) is 11.9. The number of nitrogens with zero attached hydrogens (tertiary/aromatic N) is 1. The van der Waals surface area contributed by atoms with Gasteiger partial charge in [-0.25, -0.2) is 9.90 Å². The molecule has 1 atom stereocenters. The predicted molar refractivity (Wildman–Crippen MR) is 39.3 cm³/mol. The Labute approximate surface area is 70.5 Å². The lowest BCUT2D eigenvalue weighted by atomic mass is 10.4. The van der Waals surface area contributed by atoms with Gasteiger partial charge in [-0.3, -0.25) is 4.90 Å². The largest absolute Gasteiger partial charge is 0.507 e. The second-order valence-electron chi connectivity index (χ2n) is 2.72. The first-order valence-corrected chi connectivity index (χ1v) is 3.96. The fourth-order valence-corrected chi connectivity index (χ4v) is 1.42. The molecular formula is C7H12NO4. The lowest BCUT2D eigenvalue weighted by Crippen LogP contribution is -2.34. The van der Waals surface area contributed by atoms with Gasteiger partial charge in [-0.15, -0.1) is 0 Å². The molecule has 0 amide bonds. The minimum absolute atomic E-state index is 0.209. The molecule has 1 heterocycles. The summed E-state index contributed by atoms with van der Waals surface area (Å²) in [6, 6.07) is 0. The highest BCUT2D eigenvalue weighted by Crippen LogP contribution is 2.17. The third-order valence-corrected chi connectivity index (χ3v) is 1.92. The Morgan fingerprint density at radius 3 is 3.00 bits per heavy atom. The number of carboxylic acid groups (broad SMARTS) is 1. The zero-order chi connectivity index (χ0) is 8.97. The molecule has 0 aromatic rings. The number of rotatable bonds is 3. The minimum atomic E-state index is -1.27. The van der Waals surface area contributed by atoms with Crippen molar-refractivity contribution in [3.05, 3.63) is 0 Å². The fraction of sp³-hybridized carbons (Fsp3) is 0.857. The molecule has 1 radical (unpaired) electrons. The monoisotopic (exact) mass is 174 g/mol. The molecule has 1 rings (SSSR count). The maximum Gasteiger partial charge on any atom is 0.507 e. The Balaban J connectivity index is 2.35. The van der Waals surface area contributed by atoms with E-state index in [1.807, 2.05) is 0 Å². The molecule has 0 bridgehead atoms. The van der Waals surface area contributed by atoms with Crippen LogP contribution in [0.15, 0.2) is 0 Å². The van der Waals surface area contributed by atoms with Gasteiger partial charge in [0.05, 0.1) is 6.61 Å². The van der Waals surface area contributed by atoms with Crippen LogP contribution in [0.2, 0.25) is 0 Å². The molecule has 1 saturated heterocycles. The number of likely N-dealkylation sites (tertiary alicyclic amines) is 1. The molecule has 5 heteroatoms. The van der Waals surface area contributed by atoms with Crippen LogP contribution in [0.1, 0.15) is 12.8 Å². The van der Waals surface area contributed by atoms with E-state index in [0.29, 0.717) is 13.0 Å². The summed E-state index contributed by atoms with van der Waals surface area (Å²) in [6.45, 7) is 0.928. The van der Waals surface area contributed by atoms with Crippen molar-refractivity contribution in [1.82, 2.24) is 4.90 Å². The SMILES string of the molecule is [O]CCN1CCCC1OC(=O)O.